The highest BCUT2D eigenvalue weighted by atomic mass is 16.5. The molecule has 0 saturated heterocycles. The summed E-state index contributed by atoms with van der Waals surface area (Å²) in [5, 5.41) is 7.83. The molecule has 1 saturated carbocycles. The summed E-state index contributed by atoms with van der Waals surface area (Å²) in [5.41, 5.74) is 2.73. The zero-order chi connectivity index (χ0) is 14.7. The highest BCUT2D eigenvalue weighted by molar-refractivity contribution is 5.30. The van der Waals surface area contributed by atoms with Crippen LogP contribution in [0.2, 0.25) is 0 Å². The van der Waals surface area contributed by atoms with E-state index in [1.807, 2.05) is 17.9 Å². The summed E-state index contributed by atoms with van der Waals surface area (Å²) in [6.45, 7) is 1.03. The number of hydrogen-bond acceptors (Lipinski definition) is 3. The van der Waals surface area contributed by atoms with Crippen molar-refractivity contribution in [2.45, 2.75) is 31.2 Å². The molecule has 1 aliphatic rings. The number of methoxy groups -OCH3 is 1. The Balaban J connectivity index is 1.39. The molecule has 0 bridgehead atoms. The van der Waals surface area contributed by atoms with Crippen molar-refractivity contribution >= 4 is 0 Å². The van der Waals surface area contributed by atoms with Crippen molar-refractivity contribution in [1.29, 1.82) is 0 Å². The van der Waals surface area contributed by atoms with Crippen LogP contribution in [0.15, 0.2) is 36.7 Å². The molecule has 0 amide bonds. The minimum atomic E-state index is 0.661. The number of nitrogens with one attached hydrogen (secondary N) is 1. The Kier molecular flexibility index (Phi) is 4.25. The summed E-state index contributed by atoms with van der Waals surface area (Å²) in [6.07, 6.45) is 7.56. The average Bonchev–Trinajstić information content (AvgIpc) is 2.87. The minimum absolute atomic E-state index is 0.661. The monoisotopic (exact) mass is 285 g/mol. The fourth-order valence-corrected chi connectivity index (χ4v) is 2.95. The zero-order valence-electron chi connectivity index (χ0n) is 12.7. The number of rotatable bonds is 6. The maximum atomic E-state index is 5.20. The molecular weight excluding hydrogens is 262 g/mol. The van der Waals surface area contributed by atoms with Crippen molar-refractivity contribution in [3.05, 3.63) is 47.8 Å². The van der Waals surface area contributed by atoms with E-state index < -0.39 is 0 Å². The second-order valence-corrected chi connectivity index (χ2v) is 5.86. The van der Waals surface area contributed by atoms with E-state index in [2.05, 4.69) is 40.9 Å². The lowest BCUT2D eigenvalue weighted by atomic mass is 9.76. The van der Waals surface area contributed by atoms with Crippen LogP contribution in [-0.2, 0) is 13.5 Å². The van der Waals surface area contributed by atoms with Gasteiger partial charge >= 0.3 is 0 Å². The molecule has 1 aromatic heterocycles. The maximum absolute atomic E-state index is 5.20. The molecular formula is C17H23N3O. The largest absolute Gasteiger partial charge is 0.497 e. The summed E-state index contributed by atoms with van der Waals surface area (Å²) >= 11 is 0. The van der Waals surface area contributed by atoms with Crippen molar-refractivity contribution in [3.8, 4) is 5.75 Å². The third kappa shape index (κ3) is 3.45. The molecule has 2 aromatic rings. The number of aromatic nitrogens is 2. The van der Waals surface area contributed by atoms with Gasteiger partial charge in [0.15, 0.2) is 0 Å². The minimum Gasteiger partial charge on any atom is -0.497 e. The fourth-order valence-electron chi connectivity index (χ4n) is 2.95. The van der Waals surface area contributed by atoms with Gasteiger partial charge in [0.2, 0.25) is 0 Å². The highest BCUT2D eigenvalue weighted by Crippen LogP contribution is 2.37. The number of nitrogens with zero attached hydrogens (tertiary/aromatic N) is 2. The van der Waals surface area contributed by atoms with E-state index in [0.717, 1.165) is 18.7 Å². The molecule has 3 rings (SSSR count). The van der Waals surface area contributed by atoms with Crippen LogP contribution in [0.4, 0.5) is 0 Å². The van der Waals surface area contributed by atoms with Crippen LogP contribution in [0.3, 0.4) is 0 Å². The predicted octanol–water partition coefficient (Wildman–Crippen LogP) is 2.51. The lowest BCUT2D eigenvalue weighted by Gasteiger charge is -2.36. The van der Waals surface area contributed by atoms with Gasteiger partial charge in [-0.1, -0.05) is 12.1 Å². The van der Waals surface area contributed by atoms with Crippen molar-refractivity contribution in [1.82, 2.24) is 15.1 Å². The molecule has 21 heavy (non-hydrogen) atoms. The second-order valence-electron chi connectivity index (χ2n) is 5.86. The summed E-state index contributed by atoms with van der Waals surface area (Å²) < 4.78 is 7.06. The van der Waals surface area contributed by atoms with Gasteiger partial charge in [-0.25, -0.2) is 0 Å². The molecule has 1 aliphatic carbocycles. The zero-order valence-corrected chi connectivity index (χ0v) is 12.7. The van der Waals surface area contributed by atoms with Gasteiger partial charge in [-0.2, -0.15) is 5.10 Å². The van der Waals surface area contributed by atoms with Crippen LogP contribution >= 0.6 is 0 Å². The quantitative estimate of drug-likeness (QED) is 0.886. The van der Waals surface area contributed by atoms with Gasteiger partial charge in [0.05, 0.1) is 13.3 Å². The molecule has 4 heteroatoms. The Hall–Kier alpha value is -1.81. The summed E-state index contributed by atoms with van der Waals surface area (Å²) in [6, 6.07) is 9.15. The number of aryl methyl sites for hydroxylation is 1. The standard InChI is InChI=1S/C17H23N3O/c1-20-12-13(11-19-20)7-8-18-16-9-15(10-16)14-3-5-17(21-2)6-4-14/h3-6,11-12,15-16,18H,7-10H2,1-2H3. The van der Waals surface area contributed by atoms with Gasteiger partial charge in [0.1, 0.15) is 5.75 Å². The SMILES string of the molecule is COc1ccc(C2CC(NCCc3cnn(C)c3)C2)cc1. The first-order chi connectivity index (χ1) is 10.2. The summed E-state index contributed by atoms with van der Waals surface area (Å²) in [5.74, 6) is 1.64. The van der Waals surface area contributed by atoms with Crippen LogP contribution in [-0.4, -0.2) is 29.5 Å². The van der Waals surface area contributed by atoms with Gasteiger partial charge in [-0.05, 0) is 55.0 Å². The van der Waals surface area contributed by atoms with E-state index in [1.54, 1.807) is 7.11 Å². The topological polar surface area (TPSA) is 39.1 Å². The fraction of sp³-hybridized carbons (Fsp3) is 0.471. The number of ether oxygens (including phenoxy) is 1. The average molecular weight is 285 g/mol. The number of benzene rings is 1. The molecule has 112 valence electrons. The van der Waals surface area contributed by atoms with Crippen molar-refractivity contribution in [3.63, 3.8) is 0 Å². The maximum Gasteiger partial charge on any atom is 0.118 e. The first-order valence-electron chi connectivity index (χ1n) is 7.59. The molecule has 0 atom stereocenters. The molecule has 1 aromatic carbocycles. The third-order valence-electron chi connectivity index (χ3n) is 4.33. The van der Waals surface area contributed by atoms with Gasteiger partial charge in [-0.15, -0.1) is 0 Å². The van der Waals surface area contributed by atoms with Crippen LogP contribution in [0.25, 0.3) is 0 Å². The van der Waals surface area contributed by atoms with Crippen molar-refractivity contribution in [2.75, 3.05) is 13.7 Å². The molecule has 1 fully saturated rings. The van der Waals surface area contributed by atoms with Crippen LogP contribution in [0.5, 0.6) is 5.75 Å². The van der Waals surface area contributed by atoms with Crippen molar-refractivity contribution < 1.29 is 4.74 Å². The summed E-state index contributed by atoms with van der Waals surface area (Å²) in [4.78, 5) is 0. The van der Waals surface area contributed by atoms with Crippen LogP contribution < -0.4 is 10.1 Å². The van der Waals surface area contributed by atoms with Gasteiger partial charge in [0.25, 0.3) is 0 Å². The van der Waals surface area contributed by atoms with Crippen LogP contribution in [0, 0.1) is 0 Å². The lowest BCUT2D eigenvalue weighted by Crippen LogP contribution is -2.40. The number of hydrogen-bond donors (Lipinski definition) is 1. The molecule has 0 spiro atoms. The van der Waals surface area contributed by atoms with E-state index >= 15 is 0 Å². The lowest BCUT2D eigenvalue weighted by molar-refractivity contribution is 0.292. The molecule has 0 unspecified atom stereocenters. The first-order valence-corrected chi connectivity index (χ1v) is 7.59. The molecule has 1 heterocycles. The van der Waals surface area contributed by atoms with E-state index in [4.69, 9.17) is 4.74 Å². The Morgan fingerprint density at radius 2 is 2.05 bits per heavy atom. The molecule has 0 radical (unpaired) electrons. The van der Waals surface area contributed by atoms with E-state index in [0.29, 0.717) is 12.0 Å². The molecule has 1 N–H and O–H groups in total. The smallest absolute Gasteiger partial charge is 0.118 e. The van der Waals surface area contributed by atoms with Crippen LogP contribution in [0.1, 0.15) is 29.9 Å². The highest BCUT2D eigenvalue weighted by Gasteiger charge is 2.29. The Labute approximate surface area is 126 Å². The van der Waals surface area contributed by atoms with Gasteiger partial charge < -0.3 is 10.1 Å². The predicted molar refractivity (Wildman–Crippen MR) is 83.7 cm³/mol. The Morgan fingerprint density at radius 1 is 1.29 bits per heavy atom. The second kappa shape index (κ2) is 6.31. The van der Waals surface area contributed by atoms with E-state index in [-0.39, 0.29) is 0 Å². The van der Waals surface area contributed by atoms with E-state index in [9.17, 15) is 0 Å². The summed E-state index contributed by atoms with van der Waals surface area (Å²) in [7, 11) is 3.67. The normalized spacial score (nSPS) is 21.0. The van der Waals surface area contributed by atoms with Gasteiger partial charge in [0, 0.05) is 19.3 Å². The van der Waals surface area contributed by atoms with E-state index in [1.165, 1.54) is 24.0 Å². The Morgan fingerprint density at radius 3 is 2.67 bits per heavy atom. The Bertz CT molecular complexity index is 570. The van der Waals surface area contributed by atoms with Crippen molar-refractivity contribution in [2.24, 2.45) is 7.05 Å². The first kappa shape index (κ1) is 14.1. The third-order valence-corrected chi connectivity index (χ3v) is 4.33. The molecule has 4 nitrogen and oxygen atoms in total. The van der Waals surface area contributed by atoms with Gasteiger partial charge in [-0.3, -0.25) is 4.68 Å². The molecule has 0 aliphatic heterocycles.